The average Bonchev–Trinajstić information content (AvgIpc) is 2.87. The highest BCUT2D eigenvalue weighted by Crippen LogP contribution is 2.42. The van der Waals surface area contributed by atoms with Gasteiger partial charge in [-0.25, -0.2) is 4.98 Å². The van der Waals surface area contributed by atoms with Gasteiger partial charge in [-0.2, -0.15) is 11.8 Å². The van der Waals surface area contributed by atoms with Crippen LogP contribution in [0, 0.1) is 0 Å². The van der Waals surface area contributed by atoms with Gasteiger partial charge in [0.15, 0.2) is 0 Å². The molecule has 0 saturated carbocycles. The fraction of sp³-hybridized carbons (Fsp3) is 0.692. The molecule has 0 spiro atoms. The molecule has 98 valence electrons. The second-order valence-corrected chi connectivity index (χ2v) is 7.44. The van der Waals surface area contributed by atoms with Gasteiger partial charge in [-0.1, -0.05) is 6.92 Å². The van der Waals surface area contributed by atoms with Crippen LogP contribution in [0.15, 0.2) is 4.79 Å². The number of rotatable bonds is 2. The lowest BCUT2D eigenvalue weighted by Crippen LogP contribution is -2.25. The van der Waals surface area contributed by atoms with Crippen LogP contribution < -0.4 is 5.56 Å². The number of thioether (sulfide) groups is 2. The average molecular weight is 282 g/mol. The van der Waals surface area contributed by atoms with Gasteiger partial charge in [0.25, 0.3) is 5.56 Å². The van der Waals surface area contributed by atoms with Crippen molar-refractivity contribution in [3.05, 3.63) is 27.4 Å². The van der Waals surface area contributed by atoms with E-state index in [1.165, 1.54) is 5.75 Å². The van der Waals surface area contributed by atoms with E-state index in [-0.39, 0.29) is 5.56 Å². The molecule has 3 rings (SSSR count). The van der Waals surface area contributed by atoms with Crippen LogP contribution >= 0.6 is 23.5 Å². The first-order chi connectivity index (χ1) is 8.79. The fourth-order valence-corrected chi connectivity index (χ4v) is 5.77. The topological polar surface area (TPSA) is 45.8 Å². The van der Waals surface area contributed by atoms with Crippen molar-refractivity contribution in [3.8, 4) is 0 Å². The summed E-state index contributed by atoms with van der Waals surface area (Å²) in [6.45, 7) is 2.22. The van der Waals surface area contributed by atoms with Crippen LogP contribution in [0.25, 0.3) is 0 Å². The molecule has 5 heteroatoms. The molecule has 0 amide bonds. The maximum absolute atomic E-state index is 12.1. The maximum atomic E-state index is 12.1. The normalized spacial score (nSPS) is 27.2. The number of nitrogens with zero attached hydrogens (tertiary/aromatic N) is 1. The van der Waals surface area contributed by atoms with E-state index in [9.17, 15) is 4.79 Å². The smallest absolute Gasteiger partial charge is 0.254 e. The molecular formula is C13H18N2OS2. The molecule has 18 heavy (non-hydrogen) atoms. The summed E-state index contributed by atoms with van der Waals surface area (Å²) in [5.41, 5.74) is 2.10. The molecule has 1 aliphatic carbocycles. The monoisotopic (exact) mass is 282 g/mol. The van der Waals surface area contributed by atoms with E-state index in [4.69, 9.17) is 4.98 Å². The Labute approximate surface area is 116 Å². The molecule has 1 N–H and O–H groups in total. The highest BCUT2D eigenvalue weighted by molar-refractivity contribution is 8.06. The Balaban J connectivity index is 1.96. The van der Waals surface area contributed by atoms with Gasteiger partial charge in [0.05, 0.1) is 10.9 Å². The summed E-state index contributed by atoms with van der Waals surface area (Å²) in [7, 11) is 0. The van der Waals surface area contributed by atoms with Gasteiger partial charge in [0, 0.05) is 22.3 Å². The number of aryl methyl sites for hydroxylation is 1. The van der Waals surface area contributed by atoms with Crippen molar-refractivity contribution in [2.75, 3.05) is 11.5 Å². The van der Waals surface area contributed by atoms with E-state index in [0.29, 0.717) is 10.5 Å². The summed E-state index contributed by atoms with van der Waals surface area (Å²) < 4.78 is 0. The zero-order chi connectivity index (χ0) is 12.5. The number of H-pyrrole nitrogens is 1. The summed E-state index contributed by atoms with van der Waals surface area (Å²) in [6.07, 6.45) is 4.11. The van der Waals surface area contributed by atoms with Crippen molar-refractivity contribution in [2.45, 2.75) is 43.1 Å². The third-order valence-corrected chi connectivity index (χ3v) is 6.94. The lowest BCUT2D eigenvalue weighted by Gasteiger charge is -2.29. The molecule has 2 heterocycles. The van der Waals surface area contributed by atoms with E-state index in [1.54, 1.807) is 0 Å². The lowest BCUT2D eigenvalue weighted by molar-refractivity contribution is 0.736. The summed E-state index contributed by atoms with van der Waals surface area (Å²) >= 11 is 3.97. The Hall–Kier alpha value is -0.420. The Kier molecular flexibility index (Phi) is 3.71. The number of fused-ring (bicyclic) bond motifs is 1. The van der Waals surface area contributed by atoms with Gasteiger partial charge in [-0.15, -0.1) is 11.8 Å². The van der Waals surface area contributed by atoms with E-state index < -0.39 is 0 Å². The third-order valence-electron chi connectivity index (χ3n) is 3.68. The van der Waals surface area contributed by atoms with E-state index in [1.807, 2.05) is 23.5 Å². The van der Waals surface area contributed by atoms with E-state index in [0.717, 1.165) is 48.5 Å². The molecule has 1 aliphatic heterocycles. The maximum Gasteiger partial charge on any atom is 0.254 e. The number of hydrogen-bond acceptors (Lipinski definition) is 4. The molecule has 1 aromatic heterocycles. The molecule has 1 aromatic rings. The van der Waals surface area contributed by atoms with Crippen LogP contribution in [0.5, 0.6) is 0 Å². The van der Waals surface area contributed by atoms with Gasteiger partial charge in [-0.05, 0) is 25.7 Å². The number of nitrogens with one attached hydrogen (secondary N) is 1. The second-order valence-electron chi connectivity index (χ2n) is 4.84. The quantitative estimate of drug-likeness (QED) is 0.905. The molecule has 1 fully saturated rings. The molecule has 3 nitrogen and oxygen atoms in total. The zero-order valence-corrected chi connectivity index (χ0v) is 12.2. The first-order valence-corrected chi connectivity index (χ1v) is 8.74. The van der Waals surface area contributed by atoms with Crippen LogP contribution in [0.2, 0.25) is 0 Å². The van der Waals surface area contributed by atoms with Gasteiger partial charge in [0.1, 0.15) is 5.82 Å². The molecule has 1 saturated heterocycles. The van der Waals surface area contributed by atoms with Crippen molar-refractivity contribution >= 4 is 23.5 Å². The van der Waals surface area contributed by atoms with Crippen LogP contribution in [-0.4, -0.2) is 26.7 Å². The third kappa shape index (κ3) is 2.23. The summed E-state index contributed by atoms with van der Waals surface area (Å²) in [5, 5.41) is 0.957. The van der Waals surface area contributed by atoms with Crippen molar-refractivity contribution in [2.24, 2.45) is 0 Å². The Morgan fingerprint density at radius 2 is 2.17 bits per heavy atom. The molecule has 2 atom stereocenters. The first-order valence-electron chi connectivity index (χ1n) is 6.64. The highest BCUT2D eigenvalue weighted by Gasteiger charge is 2.29. The van der Waals surface area contributed by atoms with Gasteiger partial charge >= 0.3 is 0 Å². The molecule has 0 bridgehead atoms. The summed E-state index contributed by atoms with van der Waals surface area (Å²) in [5.74, 6) is 3.30. The van der Waals surface area contributed by atoms with Crippen LogP contribution in [0.1, 0.15) is 42.1 Å². The van der Waals surface area contributed by atoms with E-state index >= 15 is 0 Å². The fourth-order valence-electron chi connectivity index (χ4n) is 2.75. The van der Waals surface area contributed by atoms with Gasteiger partial charge in [0.2, 0.25) is 0 Å². The van der Waals surface area contributed by atoms with Crippen LogP contribution in [-0.2, 0) is 12.8 Å². The summed E-state index contributed by atoms with van der Waals surface area (Å²) in [6, 6.07) is 0. The number of hydrogen-bond donors (Lipinski definition) is 1. The number of aromatic nitrogens is 2. The Morgan fingerprint density at radius 3 is 3.00 bits per heavy atom. The Bertz CT molecular complexity index is 500. The van der Waals surface area contributed by atoms with Crippen molar-refractivity contribution in [1.29, 1.82) is 0 Å². The largest absolute Gasteiger partial charge is 0.309 e. The molecule has 0 aromatic carbocycles. The lowest BCUT2D eigenvalue weighted by atomic mass is 10.2. The standard InChI is InChI=1S/C13H18N2OS2/c1-2-10-11(18-7-6-17-10)12-14-9-5-3-4-8(9)13(16)15-12/h10-11H,2-7H2,1H3,(H,14,15,16). The minimum absolute atomic E-state index is 0.110. The van der Waals surface area contributed by atoms with Gasteiger partial charge < -0.3 is 4.98 Å². The second kappa shape index (κ2) is 5.29. The molecular weight excluding hydrogens is 264 g/mol. The molecule has 2 aliphatic rings. The van der Waals surface area contributed by atoms with Crippen LogP contribution in [0.4, 0.5) is 0 Å². The minimum Gasteiger partial charge on any atom is -0.309 e. The van der Waals surface area contributed by atoms with Crippen molar-refractivity contribution < 1.29 is 0 Å². The Morgan fingerprint density at radius 1 is 1.33 bits per heavy atom. The van der Waals surface area contributed by atoms with E-state index in [2.05, 4.69) is 11.9 Å². The number of aromatic amines is 1. The van der Waals surface area contributed by atoms with Crippen molar-refractivity contribution in [1.82, 2.24) is 9.97 Å². The predicted octanol–water partition coefficient (Wildman–Crippen LogP) is 2.56. The zero-order valence-electron chi connectivity index (χ0n) is 10.6. The van der Waals surface area contributed by atoms with Crippen molar-refractivity contribution in [3.63, 3.8) is 0 Å². The van der Waals surface area contributed by atoms with Crippen LogP contribution in [0.3, 0.4) is 0 Å². The predicted molar refractivity (Wildman–Crippen MR) is 78.6 cm³/mol. The molecule has 0 radical (unpaired) electrons. The SMILES string of the molecule is CCC1SCCSC1c1nc2c(c(=O)[nH]1)CCC2. The molecule has 2 unspecified atom stereocenters. The minimum atomic E-state index is 0.110. The van der Waals surface area contributed by atoms with Gasteiger partial charge in [-0.3, -0.25) is 4.79 Å². The summed E-state index contributed by atoms with van der Waals surface area (Å²) in [4.78, 5) is 19.8. The first kappa shape index (κ1) is 12.6. The highest BCUT2D eigenvalue weighted by atomic mass is 32.2.